The number of aryl methyl sites for hydroxylation is 2. The fourth-order valence-electron chi connectivity index (χ4n) is 2.19. The molecule has 1 aliphatic heterocycles. The molecule has 1 unspecified atom stereocenters. The molecule has 1 aliphatic rings. The summed E-state index contributed by atoms with van der Waals surface area (Å²) in [6.07, 6.45) is 1.66. The number of hydroxylamine groups is 2. The first-order valence-electron chi connectivity index (χ1n) is 7.10. The van der Waals surface area contributed by atoms with Gasteiger partial charge in [0.2, 0.25) is 0 Å². The molecule has 1 heterocycles. The van der Waals surface area contributed by atoms with Crippen LogP contribution in [0.4, 0.5) is 0 Å². The van der Waals surface area contributed by atoms with Crippen molar-refractivity contribution in [2.45, 2.75) is 39.5 Å². The van der Waals surface area contributed by atoms with Gasteiger partial charge in [-0.3, -0.25) is 9.59 Å². The Hall–Kier alpha value is -2.17. The van der Waals surface area contributed by atoms with E-state index in [4.69, 9.17) is 4.84 Å². The average Bonchev–Trinajstić information content (AvgIpc) is 2.68. The van der Waals surface area contributed by atoms with Gasteiger partial charge in [0, 0.05) is 18.8 Å². The normalized spacial score (nSPS) is 18.2. The van der Waals surface area contributed by atoms with Gasteiger partial charge in [0.05, 0.1) is 0 Å². The van der Waals surface area contributed by atoms with Crippen LogP contribution in [0.2, 0.25) is 0 Å². The predicted octanol–water partition coefficient (Wildman–Crippen LogP) is 2.17. The van der Waals surface area contributed by atoms with Crippen molar-refractivity contribution in [3.63, 3.8) is 0 Å². The number of benzene rings is 1. The van der Waals surface area contributed by atoms with Crippen LogP contribution in [-0.2, 0) is 25.6 Å². The molecule has 1 aromatic carbocycles. The summed E-state index contributed by atoms with van der Waals surface area (Å²) in [5, 5.41) is 0.610. The van der Waals surface area contributed by atoms with Crippen LogP contribution >= 0.6 is 0 Å². The number of nitrogens with zero attached hydrogens (tertiary/aromatic N) is 1. The first kappa shape index (κ1) is 15.2. The zero-order chi connectivity index (χ0) is 15.4. The van der Waals surface area contributed by atoms with Gasteiger partial charge in [0.15, 0.2) is 0 Å². The maximum atomic E-state index is 11.7. The van der Waals surface area contributed by atoms with Gasteiger partial charge in [-0.25, -0.2) is 4.79 Å². The number of carbonyl (C=O) groups excluding carboxylic acids is 3. The molecule has 0 aliphatic carbocycles. The highest BCUT2D eigenvalue weighted by Crippen LogP contribution is 2.19. The molecule has 1 fully saturated rings. The molecular formula is C16H19NO4. The molecule has 1 saturated heterocycles. The van der Waals surface area contributed by atoms with E-state index in [1.165, 1.54) is 5.56 Å². The van der Waals surface area contributed by atoms with Crippen LogP contribution < -0.4 is 0 Å². The molecule has 2 amide bonds. The highest BCUT2D eigenvalue weighted by molar-refractivity contribution is 6.02. The molecule has 0 radical (unpaired) electrons. The van der Waals surface area contributed by atoms with Gasteiger partial charge in [-0.15, -0.1) is 5.06 Å². The smallest absolute Gasteiger partial charge is 0.330 e. The summed E-state index contributed by atoms with van der Waals surface area (Å²) < 4.78 is 0. The lowest BCUT2D eigenvalue weighted by atomic mass is 10.1. The van der Waals surface area contributed by atoms with Crippen molar-refractivity contribution in [3.8, 4) is 0 Å². The number of imide groups is 1. The van der Waals surface area contributed by atoms with Gasteiger partial charge in [0.1, 0.15) is 0 Å². The fourth-order valence-corrected chi connectivity index (χ4v) is 2.19. The van der Waals surface area contributed by atoms with E-state index in [-0.39, 0.29) is 12.8 Å². The maximum absolute atomic E-state index is 11.7. The zero-order valence-corrected chi connectivity index (χ0v) is 12.3. The van der Waals surface area contributed by atoms with Crippen LogP contribution in [0.1, 0.15) is 37.3 Å². The van der Waals surface area contributed by atoms with Crippen molar-refractivity contribution in [2.24, 2.45) is 5.92 Å². The van der Waals surface area contributed by atoms with E-state index in [2.05, 4.69) is 0 Å². The Morgan fingerprint density at radius 1 is 1.29 bits per heavy atom. The summed E-state index contributed by atoms with van der Waals surface area (Å²) in [6, 6.07) is 8.10. The Balaban J connectivity index is 1.76. The molecule has 112 valence electrons. The van der Waals surface area contributed by atoms with Crippen molar-refractivity contribution >= 4 is 17.8 Å². The predicted molar refractivity (Wildman–Crippen MR) is 75.8 cm³/mol. The van der Waals surface area contributed by atoms with E-state index in [0.29, 0.717) is 11.5 Å². The summed E-state index contributed by atoms with van der Waals surface area (Å²) in [5.74, 6) is -1.83. The van der Waals surface area contributed by atoms with Gasteiger partial charge in [-0.2, -0.15) is 0 Å². The van der Waals surface area contributed by atoms with Crippen LogP contribution in [0.15, 0.2) is 24.3 Å². The first-order valence-corrected chi connectivity index (χ1v) is 7.10. The van der Waals surface area contributed by atoms with Crippen molar-refractivity contribution in [2.75, 3.05) is 0 Å². The van der Waals surface area contributed by atoms with Crippen molar-refractivity contribution in [1.82, 2.24) is 5.06 Å². The van der Waals surface area contributed by atoms with Crippen molar-refractivity contribution in [1.29, 1.82) is 0 Å². The van der Waals surface area contributed by atoms with E-state index >= 15 is 0 Å². The minimum Gasteiger partial charge on any atom is -0.330 e. The summed E-state index contributed by atoms with van der Waals surface area (Å²) >= 11 is 0. The van der Waals surface area contributed by atoms with E-state index in [1.807, 2.05) is 31.2 Å². The second-order valence-electron chi connectivity index (χ2n) is 5.43. The monoisotopic (exact) mass is 289 g/mol. The van der Waals surface area contributed by atoms with E-state index in [1.54, 1.807) is 6.92 Å². The van der Waals surface area contributed by atoms with E-state index in [9.17, 15) is 14.4 Å². The molecule has 1 aromatic rings. The fraction of sp³-hybridized carbons (Fsp3) is 0.438. The van der Waals surface area contributed by atoms with Gasteiger partial charge >= 0.3 is 5.97 Å². The number of carbonyl (C=O) groups is 3. The molecule has 21 heavy (non-hydrogen) atoms. The zero-order valence-electron chi connectivity index (χ0n) is 12.3. The summed E-state index contributed by atoms with van der Waals surface area (Å²) in [4.78, 5) is 39.6. The standard InChI is InChI=1S/C16H19NO4/c1-11-6-8-13(9-7-11)4-3-5-15(19)21-17-14(18)10-12(2)16(17)20/h6-9,12H,3-5,10H2,1-2H3. The summed E-state index contributed by atoms with van der Waals surface area (Å²) in [6.45, 7) is 3.66. The third-order valence-corrected chi connectivity index (χ3v) is 3.49. The Kier molecular flexibility index (Phi) is 4.73. The van der Waals surface area contributed by atoms with Gasteiger partial charge in [-0.1, -0.05) is 36.8 Å². The molecule has 2 rings (SSSR count). The highest BCUT2D eigenvalue weighted by atomic mass is 16.7. The SMILES string of the molecule is Cc1ccc(CCCC(=O)ON2C(=O)CC(C)C2=O)cc1. The molecule has 0 N–H and O–H groups in total. The number of amides is 2. The van der Waals surface area contributed by atoms with Gasteiger partial charge < -0.3 is 4.84 Å². The van der Waals surface area contributed by atoms with Crippen LogP contribution in [0.5, 0.6) is 0 Å². The summed E-state index contributed by atoms with van der Waals surface area (Å²) in [5.41, 5.74) is 2.34. The molecule has 1 atom stereocenters. The number of hydrogen-bond donors (Lipinski definition) is 0. The van der Waals surface area contributed by atoms with E-state index in [0.717, 1.165) is 12.0 Å². The van der Waals surface area contributed by atoms with Crippen LogP contribution in [0.3, 0.4) is 0 Å². The second-order valence-corrected chi connectivity index (χ2v) is 5.43. The molecular weight excluding hydrogens is 270 g/mol. The minimum absolute atomic E-state index is 0.107. The number of rotatable bonds is 5. The van der Waals surface area contributed by atoms with Crippen LogP contribution in [0.25, 0.3) is 0 Å². The van der Waals surface area contributed by atoms with Gasteiger partial charge in [-0.05, 0) is 25.3 Å². The highest BCUT2D eigenvalue weighted by Gasteiger charge is 2.38. The molecule has 0 bridgehead atoms. The Morgan fingerprint density at radius 3 is 2.52 bits per heavy atom. The quantitative estimate of drug-likeness (QED) is 0.779. The Morgan fingerprint density at radius 2 is 1.95 bits per heavy atom. The first-order chi connectivity index (χ1) is 9.97. The molecule has 0 saturated carbocycles. The largest absolute Gasteiger partial charge is 0.333 e. The number of hydrogen-bond acceptors (Lipinski definition) is 4. The summed E-state index contributed by atoms with van der Waals surface area (Å²) in [7, 11) is 0. The molecule has 0 spiro atoms. The third kappa shape index (κ3) is 3.90. The van der Waals surface area contributed by atoms with Crippen LogP contribution in [0, 0.1) is 12.8 Å². The third-order valence-electron chi connectivity index (χ3n) is 3.49. The Labute approximate surface area is 123 Å². The Bertz CT molecular complexity index is 550. The molecule has 0 aromatic heterocycles. The molecule has 5 nitrogen and oxygen atoms in total. The van der Waals surface area contributed by atoms with Crippen molar-refractivity contribution < 1.29 is 19.2 Å². The average molecular weight is 289 g/mol. The van der Waals surface area contributed by atoms with E-state index < -0.39 is 23.7 Å². The lowest BCUT2D eigenvalue weighted by Crippen LogP contribution is -2.33. The van der Waals surface area contributed by atoms with Gasteiger partial charge in [0.25, 0.3) is 11.8 Å². The van der Waals surface area contributed by atoms with Crippen LogP contribution in [-0.4, -0.2) is 22.8 Å². The topological polar surface area (TPSA) is 63.7 Å². The molecule has 5 heteroatoms. The minimum atomic E-state index is -0.544. The van der Waals surface area contributed by atoms with Crippen molar-refractivity contribution in [3.05, 3.63) is 35.4 Å². The lowest BCUT2D eigenvalue weighted by Gasteiger charge is -2.13. The maximum Gasteiger partial charge on any atom is 0.333 e. The lowest BCUT2D eigenvalue weighted by molar-refractivity contribution is -0.198. The second kappa shape index (κ2) is 6.52.